The molecule has 0 radical (unpaired) electrons. The van der Waals surface area contributed by atoms with Crippen LogP contribution in [0.4, 0.5) is 10.1 Å². The van der Waals surface area contributed by atoms with Gasteiger partial charge in [0.05, 0.1) is 36.1 Å². The molecule has 8 heteroatoms. The van der Waals surface area contributed by atoms with Gasteiger partial charge in [-0.1, -0.05) is 0 Å². The summed E-state index contributed by atoms with van der Waals surface area (Å²) in [6, 6.07) is 5.21. The second-order valence-electron chi connectivity index (χ2n) is 6.64. The Balaban J connectivity index is 1.82. The maximum Gasteiger partial charge on any atom is 0.252 e. The van der Waals surface area contributed by atoms with E-state index in [9.17, 15) is 9.18 Å². The van der Waals surface area contributed by atoms with E-state index in [0.29, 0.717) is 29.9 Å². The van der Waals surface area contributed by atoms with Crippen molar-refractivity contribution >= 4 is 17.1 Å². The van der Waals surface area contributed by atoms with Crippen molar-refractivity contribution in [2.45, 2.75) is 31.5 Å². The zero-order chi connectivity index (χ0) is 19.0. The molecule has 0 saturated heterocycles. The van der Waals surface area contributed by atoms with E-state index in [2.05, 4.69) is 15.4 Å². The second kappa shape index (κ2) is 6.86. The molecule has 27 heavy (non-hydrogen) atoms. The predicted molar refractivity (Wildman–Crippen MR) is 99.7 cm³/mol. The number of nitrogens with two attached hydrogens (primary N) is 1. The average Bonchev–Trinajstić information content (AvgIpc) is 3.28. The van der Waals surface area contributed by atoms with E-state index < -0.39 is 12.1 Å². The highest BCUT2D eigenvalue weighted by atomic mass is 19.1. The van der Waals surface area contributed by atoms with Gasteiger partial charge in [0.1, 0.15) is 6.17 Å². The molecule has 0 aliphatic heterocycles. The number of primary amides is 1. The summed E-state index contributed by atoms with van der Waals surface area (Å²) >= 11 is 0. The number of ether oxygens (including phenoxy) is 1. The first-order valence-electron chi connectivity index (χ1n) is 8.79. The Morgan fingerprint density at radius 1 is 1.37 bits per heavy atom. The largest absolute Gasteiger partial charge is 0.481 e. The van der Waals surface area contributed by atoms with Crippen LogP contribution < -0.4 is 15.8 Å². The van der Waals surface area contributed by atoms with Gasteiger partial charge in [-0.25, -0.2) is 13.9 Å². The topological polar surface area (TPSA) is 94.5 Å². The quantitative estimate of drug-likeness (QED) is 0.721. The molecule has 3 aromatic heterocycles. The van der Waals surface area contributed by atoms with Gasteiger partial charge in [0.15, 0.2) is 0 Å². The minimum Gasteiger partial charge on any atom is -0.481 e. The number of nitrogens with zero attached hydrogens (tertiary/aromatic N) is 3. The van der Waals surface area contributed by atoms with Crippen molar-refractivity contribution in [3.05, 3.63) is 42.4 Å². The van der Waals surface area contributed by atoms with Crippen LogP contribution in [0.1, 0.15) is 29.6 Å². The van der Waals surface area contributed by atoms with Crippen molar-refractivity contribution in [2.24, 2.45) is 5.73 Å². The van der Waals surface area contributed by atoms with Gasteiger partial charge in [0.2, 0.25) is 5.88 Å². The van der Waals surface area contributed by atoms with Crippen molar-refractivity contribution in [2.75, 3.05) is 12.4 Å². The van der Waals surface area contributed by atoms with E-state index in [0.717, 1.165) is 17.5 Å². The Hall–Kier alpha value is -3.16. The maximum atomic E-state index is 14.1. The van der Waals surface area contributed by atoms with Crippen LogP contribution in [0.2, 0.25) is 0 Å². The van der Waals surface area contributed by atoms with Crippen LogP contribution in [0, 0.1) is 0 Å². The van der Waals surface area contributed by atoms with Gasteiger partial charge in [-0.05, 0) is 37.0 Å². The lowest BCUT2D eigenvalue weighted by molar-refractivity contribution is 0.100. The molecule has 0 spiro atoms. The molecule has 1 saturated carbocycles. The number of alkyl halides is 1. The van der Waals surface area contributed by atoms with Gasteiger partial charge < -0.3 is 15.8 Å². The molecule has 140 valence electrons. The van der Waals surface area contributed by atoms with E-state index in [1.54, 1.807) is 17.8 Å². The van der Waals surface area contributed by atoms with Gasteiger partial charge in [0, 0.05) is 24.0 Å². The summed E-state index contributed by atoms with van der Waals surface area (Å²) in [6.07, 6.45) is 6.01. The number of hydrogen-bond donors (Lipinski definition) is 2. The van der Waals surface area contributed by atoms with Gasteiger partial charge in [-0.2, -0.15) is 5.10 Å². The Morgan fingerprint density at radius 3 is 2.93 bits per heavy atom. The van der Waals surface area contributed by atoms with Crippen molar-refractivity contribution < 1.29 is 13.9 Å². The number of carbonyl (C=O) groups is 1. The maximum absolute atomic E-state index is 14.1. The molecule has 3 heterocycles. The zero-order valence-electron chi connectivity index (χ0n) is 14.9. The van der Waals surface area contributed by atoms with Crippen LogP contribution in [0.25, 0.3) is 16.6 Å². The standard InChI is InChI=1S/C19H20FN5O2/c1-27-17-8-11(5-6-22-17)12-7-16-18(24-15-4-2-3-14(15)20)13(19(21)26)9-23-25(16)10-12/h5-10,14-15,24H,2-4H2,1H3,(H2,21,26)/t14-,15+/m0/s1. The van der Waals surface area contributed by atoms with Gasteiger partial charge in [-0.3, -0.25) is 4.79 Å². The molecule has 3 N–H and O–H groups in total. The Kier molecular flexibility index (Phi) is 4.39. The van der Waals surface area contributed by atoms with Crippen molar-refractivity contribution in [1.82, 2.24) is 14.6 Å². The number of carbonyl (C=O) groups excluding carboxylic acids is 1. The number of anilines is 1. The Labute approximate surface area is 155 Å². The highest BCUT2D eigenvalue weighted by Gasteiger charge is 2.29. The van der Waals surface area contributed by atoms with Crippen molar-refractivity contribution in [3.63, 3.8) is 0 Å². The molecule has 1 amide bonds. The third-order valence-corrected chi connectivity index (χ3v) is 4.94. The molecule has 1 aliphatic rings. The fourth-order valence-electron chi connectivity index (χ4n) is 3.52. The molecule has 3 aromatic rings. The molecule has 1 fully saturated rings. The molecule has 2 atom stereocenters. The third kappa shape index (κ3) is 3.18. The lowest BCUT2D eigenvalue weighted by Gasteiger charge is -2.19. The number of halogens is 1. The van der Waals surface area contributed by atoms with Crippen molar-refractivity contribution in [1.29, 1.82) is 0 Å². The van der Waals surface area contributed by atoms with Crippen LogP contribution >= 0.6 is 0 Å². The molecule has 7 nitrogen and oxygen atoms in total. The number of nitrogens with one attached hydrogen (secondary N) is 1. The number of pyridine rings is 1. The molecule has 4 rings (SSSR count). The van der Waals surface area contributed by atoms with Gasteiger partial charge in [0.25, 0.3) is 5.91 Å². The minimum atomic E-state index is -0.946. The monoisotopic (exact) mass is 369 g/mol. The summed E-state index contributed by atoms with van der Waals surface area (Å²) < 4.78 is 21.0. The number of fused-ring (bicyclic) bond motifs is 1. The van der Waals surface area contributed by atoms with Crippen molar-refractivity contribution in [3.8, 4) is 17.0 Å². The highest BCUT2D eigenvalue weighted by molar-refractivity contribution is 6.02. The normalized spacial score (nSPS) is 19.3. The summed E-state index contributed by atoms with van der Waals surface area (Å²) in [7, 11) is 1.56. The van der Waals surface area contributed by atoms with Crippen LogP contribution in [0.15, 0.2) is 36.8 Å². The molecular formula is C19H20FN5O2. The highest BCUT2D eigenvalue weighted by Crippen LogP contribution is 2.32. The van der Waals surface area contributed by atoms with Gasteiger partial charge >= 0.3 is 0 Å². The van der Waals surface area contributed by atoms with Crippen LogP contribution in [-0.2, 0) is 0 Å². The number of rotatable bonds is 5. The van der Waals surface area contributed by atoms with E-state index in [-0.39, 0.29) is 11.6 Å². The van der Waals surface area contributed by atoms with Gasteiger partial charge in [-0.15, -0.1) is 0 Å². The summed E-state index contributed by atoms with van der Waals surface area (Å²) in [5.74, 6) is -0.104. The molecule has 1 aliphatic carbocycles. The summed E-state index contributed by atoms with van der Waals surface area (Å²) in [4.78, 5) is 16.0. The zero-order valence-corrected chi connectivity index (χ0v) is 14.9. The number of amides is 1. The first kappa shape index (κ1) is 17.3. The minimum absolute atomic E-state index is 0.249. The van der Waals surface area contributed by atoms with E-state index in [4.69, 9.17) is 10.5 Å². The van der Waals surface area contributed by atoms with Crippen LogP contribution in [0.3, 0.4) is 0 Å². The fraction of sp³-hybridized carbons (Fsp3) is 0.316. The SMILES string of the molecule is COc1cc(-c2cc3c(N[C@@H]4CCC[C@@H]4F)c(C(N)=O)cnn3c2)ccn1. The van der Waals surface area contributed by atoms with E-state index in [1.165, 1.54) is 6.20 Å². The molecule has 0 unspecified atom stereocenters. The second-order valence-corrected chi connectivity index (χ2v) is 6.64. The number of hydrogen-bond acceptors (Lipinski definition) is 5. The average molecular weight is 369 g/mol. The van der Waals surface area contributed by atoms with Crippen LogP contribution in [-0.4, -0.2) is 39.8 Å². The Morgan fingerprint density at radius 2 is 2.22 bits per heavy atom. The van der Waals surface area contributed by atoms with E-state index >= 15 is 0 Å². The first-order chi connectivity index (χ1) is 13.1. The number of aromatic nitrogens is 3. The summed E-state index contributed by atoms with van der Waals surface area (Å²) in [5.41, 5.74) is 8.71. The molecule has 0 aromatic carbocycles. The lowest BCUT2D eigenvalue weighted by atomic mass is 10.1. The fourth-order valence-corrected chi connectivity index (χ4v) is 3.52. The smallest absolute Gasteiger partial charge is 0.252 e. The summed E-state index contributed by atoms with van der Waals surface area (Å²) in [6.45, 7) is 0. The lowest BCUT2D eigenvalue weighted by Crippen LogP contribution is -2.27. The Bertz CT molecular complexity index is 1000. The van der Waals surface area contributed by atoms with Crippen LogP contribution in [0.5, 0.6) is 5.88 Å². The molecular weight excluding hydrogens is 349 g/mol. The molecule has 0 bridgehead atoms. The number of methoxy groups -OCH3 is 1. The van der Waals surface area contributed by atoms with E-state index in [1.807, 2.05) is 24.4 Å². The third-order valence-electron chi connectivity index (χ3n) is 4.94. The first-order valence-corrected chi connectivity index (χ1v) is 8.79. The predicted octanol–water partition coefficient (Wildman–Crippen LogP) is 2.81. The summed E-state index contributed by atoms with van der Waals surface area (Å²) in [5, 5.41) is 7.48.